The van der Waals surface area contributed by atoms with Crippen LogP contribution in [0.5, 0.6) is 11.6 Å². The van der Waals surface area contributed by atoms with Crippen molar-refractivity contribution in [2.24, 2.45) is 5.92 Å². The number of rotatable bonds is 8. The molecule has 2 aromatic heterocycles. The van der Waals surface area contributed by atoms with Gasteiger partial charge in [0.05, 0.1) is 17.7 Å². The van der Waals surface area contributed by atoms with Gasteiger partial charge in [-0.3, -0.25) is 0 Å². The first-order chi connectivity index (χ1) is 16.5. The summed E-state index contributed by atoms with van der Waals surface area (Å²) in [5, 5.41) is 18.5. The molecule has 3 fully saturated rings. The average molecular weight is 467 g/mol. The summed E-state index contributed by atoms with van der Waals surface area (Å²) in [7, 11) is 0.891. The molecule has 34 heavy (non-hydrogen) atoms. The molecule has 2 bridgehead atoms. The van der Waals surface area contributed by atoms with Crippen molar-refractivity contribution >= 4 is 7.05 Å². The first-order valence-corrected chi connectivity index (χ1v) is 11.4. The van der Waals surface area contributed by atoms with Crippen LogP contribution in [0, 0.1) is 5.92 Å². The zero-order valence-electron chi connectivity index (χ0n) is 19.1. The lowest BCUT2D eigenvalue weighted by molar-refractivity contribution is -0.0749. The molecule has 0 radical (unpaired) electrons. The minimum Gasteiger partial charge on any atom is -0.470 e. The predicted octanol–water partition coefficient (Wildman–Crippen LogP) is 2.60. The van der Waals surface area contributed by atoms with E-state index in [1.54, 1.807) is 38.6 Å². The fourth-order valence-electron chi connectivity index (χ4n) is 4.93. The van der Waals surface area contributed by atoms with Crippen molar-refractivity contribution in [2.75, 3.05) is 20.4 Å². The van der Waals surface area contributed by atoms with Gasteiger partial charge in [0, 0.05) is 49.2 Å². The van der Waals surface area contributed by atoms with E-state index < -0.39 is 19.3 Å². The van der Waals surface area contributed by atoms with E-state index in [-0.39, 0.29) is 24.6 Å². The number of ether oxygens (including phenoxy) is 3. The lowest BCUT2D eigenvalue weighted by Gasteiger charge is -2.51. The van der Waals surface area contributed by atoms with Crippen LogP contribution < -0.4 is 9.47 Å². The van der Waals surface area contributed by atoms with Gasteiger partial charge >= 0.3 is 7.05 Å². The number of imidazole rings is 1. The van der Waals surface area contributed by atoms with E-state index in [9.17, 15) is 5.02 Å². The van der Waals surface area contributed by atoms with Crippen LogP contribution in [0.15, 0.2) is 49.1 Å². The Kier molecular flexibility index (Phi) is 6.49. The molecule has 0 spiro atoms. The number of piperidine rings is 2. The first-order valence-electron chi connectivity index (χ1n) is 11.4. The van der Waals surface area contributed by atoms with Gasteiger partial charge in [-0.25, -0.2) is 9.37 Å². The summed E-state index contributed by atoms with van der Waals surface area (Å²) in [6.45, 7) is 2.38. The molecule has 1 saturated carbocycles. The number of aromatic nitrogens is 4. The molecule has 4 heterocycles. The Hall–Kier alpha value is -3.02. The Bertz CT molecular complexity index is 1100. The number of methoxy groups -OCH3 is 1. The highest BCUT2D eigenvalue weighted by molar-refractivity contribution is 6.45. The number of benzene rings is 1. The van der Waals surface area contributed by atoms with E-state index in [1.807, 2.05) is 33.8 Å². The normalized spacial score (nSPS) is 24.2. The van der Waals surface area contributed by atoms with E-state index in [2.05, 4.69) is 15.2 Å². The van der Waals surface area contributed by atoms with Crippen molar-refractivity contribution in [1.82, 2.24) is 24.6 Å². The van der Waals surface area contributed by atoms with Gasteiger partial charge in [-0.2, -0.15) is 0 Å². The van der Waals surface area contributed by atoms with E-state index in [4.69, 9.17) is 14.2 Å². The van der Waals surface area contributed by atoms with Gasteiger partial charge in [-0.15, -0.1) is 10.2 Å². The summed E-state index contributed by atoms with van der Waals surface area (Å²) in [5.41, 5.74) is 2.22. The summed E-state index contributed by atoms with van der Waals surface area (Å²) in [4.78, 5) is 5.90. The Morgan fingerprint density at radius 2 is 2.09 bits per heavy atom. The van der Waals surface area contributed by atoms with E-state index in [0.717, 1.165) is 24.1 Å². The molecule has 3 aliphatic rings. The monoisotopic (exact) mass is 467 g/mol. The van der Waals surface area contributed by atoms with Gasteiger partial charge in [0.25, 0.3) is 0 Å². The molecule has 0 amide bonds. The maximum Gasteiger partial charge on any atom is 0.376 e. The zero-order chi connectivity index (χ0) is 23.7. The quantitative estimate of drug-likeness (QED) is 0.399. The minimum atomic E-state index is -1.19. The van der Waals surface area contributed by atoms with Crippen molar-refractivity contribution in [3.05, 3.63) is 49.1 Å². The Morgan fingerprint density at radius 1 is 1.21 bits per heavy atom. The lowest BCUT2D eigenvalue weighted by atomic mass is 9.69. The van der Waals surface area contributed by atoms with E-state index in [1.165, 1.54) is 0 Å². The smallest absolute Gasteiger partial charge is 0.376 e. The summed E-state index contributed by atoms with van der Waals surface area (Å²) in [5.74, 6) is 0.866. The Balaban J connectivity index is 1.34. The molecule has 1 aliphatic carbocycles. The third-order valence-electron chi connectivity index (χ3n) is 6.60. The van der Waals surface area contributed by atoms with Crippen molar-refractivity contribution in [1.29, 1.82) is 0 Å². The average Bonchev–Trinajstić information content (AvgIpc) is 3.40. The third-order valence-corrected chi connectivity index (χ3v) is 6.60. The number of nitrogens with zero attached hydrogens (tertiary/aromatic N) is 5. The Labute approximate surface area is 197 Å². The standard InChI is InChI=1S/C23H27BFN5O4/c1-24(31)30-12-15-3-7-19(30)22(25)23(15)34-21-8-6-18(27-28-21)17-5-4-16(29-10-9-26-13-29)11-20(17)33-14-32-2/h4-6,8-11,13,15,19,22-23,31H,3,7,12,14H2,1-2H3/t15?,19?,22-,23+/m1/s1. The highest BCUT2D eigenvalue weighted by Crippen LogP contribution is 2.39. The van der Waals surface area contributed by atoms with Crippen LogP contribution in [-0.2, 0) is 4.74 Å². The maximum absolute atomic E-state index is 15.1. The predicted molar refractivity (Wildman–Crippen MR) is 123 cm³/mol. The summed E-state index contributed by atoms with van der Waals surface area (Å²) < 4.78 is 33.8. The molecule has 11 heteroatoms. The lowest BCUT2D eigenvalue weighted by Crippen LogP contribution is -2.65. The highest BCUT2D eigenvalue weighted by Gasteiger charge is 2.51. The van der Waals surface area contributed by atoms with Crippen LogP contribution in [0.2, 0.25) is 6.82 Å². The van der Waals surface area contributed by atoms with Crippen LogP contribution in [0.1, 0.15) is 12.8 Å². The number of alkyl halides is 1. The van der Waals surface area contributed by atoms with Crippen LogP contribution >= 0.6 is 0 Å². The fourth-order valence-corrected chi connectivity index (χ4v) is 4.93. The second-order valence-corrected chi connectivity index (χ2v) is 8.72. The van der Waals surface area contributed by atoms with Crippen molar-refractivity contribution in [3.8, 4) is 28.6 Å². The zero-order valence-corrected chi connectivity index (χ0v) is 19.1. The van der Waals surface area contributed by atoms with Gasteiger partial charge in [0.2, 0.25) is 5.88 Å². The molecule has 4 atom stereocenters. The Morgan fingerprint density at radius 3 is 2.76 bits per heavy atom. The van der Waals surface area contributed by atoms with Crippen LogP contribution in [0.3, 0.4) is 0 Å². The molecule has 2 saturated heterocycles. The van der Waals surface area contributed by atoms with Gasteiger partial charge in [-0.1, -0.05) is 0 Å². The maximum atomic E-state index is 15.1. The summed E-state index contributed by atoms with van der Waals surface area (Å²) in [6, 6.07) is 8.86. The van der Waals surface area contributed by atoms with Crippen molar-refractivity contribution in [3.63, 3.8) is 0 Å². The molecule has 1 aromatic carbocycles. The molecule has 2 aliphatic heterocycles. The second kappa shape index (κ2) is 9.69. The van der Waals surface area contributed by atoms with Gasteiger partial charge in [-0.05, 0) is 44.4 Å². The van der Waals surface area contributed by atoms with Gasteiger partial charge in [0.1, 0.15) is 11.9 Å². The van der Waals surface area contributed by atoms with Crippen LogP contribution in [0.4, 0.5) is 4.39 Å². The largest absolute Gasteiger partial charge is 0.470 e. The van der Waals surface area contributed by atoms with Crippen molar-refractivity contribution < 1.29 is 23.6 Å². The third kappa shape index (κ3) is 4.38. The van der Waals surface area contributed by atoms with Crippen molar-refractivity contribution in [2.45, 2.75) is 38.0 Å². The minimum absolute atomic E-state index is 0.000781. The molecule has 2 unspecified atom stereocenters. The van der Waals surface area contributed by atoms with Crippen LogP contribution in [-0.4, -0.2) is 75.4 Å². The molecular formula is C23H27BFN5O4. The molecule has 178 valence electrons. The number of hydrogen-bond acceptors (Lipinski definition) is 8. The summed E-state index contributed by atoms with van der Waals surface area (Å²) >= 11 is 0. The molecule has 6 rings (SSSR count). The molecule has 9 nitrogen and oxygen atoms in total. The summed E-state index contributed by atoms with van der Waals surface area (Å²) in [6.07, 6.45) is 5.07. The fraction of sp³-hybridized carbons (Fsp3) is 0.435. The second-order valence-electron chi connectivity index (χ2n) is 8.72. The first kappa shape index (κ1) is 22.8. The highest BCUT2D eigenvalue weighted by atomic mass is 19.1. The van der Waals surface area contributed by atoms with Crippen LogP contribution in [0.25, 0.3) is 16.9 Å². The number of fused-ring (bicyclic) bond motifs is 3. The molecule has 3 aromatic rings. The topological polar surface area (TPSA) is 94.8 Å². The van der Waals surface area contributed by atoms with Gasteiger partial charge < -0.3 is 28.6 Å². The van der Waals surface area contributed by atoms with Gasteiger partial charge in [0.15, 0.2) is 13.0 Å². The molecule has 1 N–H and O–H groups in total. The van der Waals surface area contributed by atoms with E-state index in [0.29, 0.717) is 18.0 Å². The molecular weight excluding hydrogens is 440 g/mol. The number of halogens is 1. The number of hydrogen-bond donors (Lipinski definition) is 1. The SMILES string of the molecule is COCOc1cc(-n2ccnc2)ccc1-c1ccc(O[C@H]2C3CCC([C@H]2F)N(B(C)O)C3)nn1. The van der Waals surface area contributed by atoms with E-state index >= 15 is 4.39 Å².